The van der Waals surface area contributed by atoms with Crippen molar-refractivity contribution in [2.24, 2.45) is 5.84 Å². The van der Waals surface area contributed by atoms with Crippen molar-refractivity contribution in [2.45, 2.75) is 13.8 Å². The van der Waals surface area contributed by atoms with Crippen LogP contribution < -0.4 is 20.7 Å². The Kier molecular flexibility index (Phi) is 4.26. The summed E-state index contributed by atoms with van der Waals surface area (Å²) in [6, 6.07) is 3.65. The molecule has 106 valence electrons. The molecule has 0 aliphatic heterocycles. The van der Waals surface area contributed by atoms with Crippen LogP contribution in [0.15, 0.2) is 18.5 Å². The first kappa shape index (κ1) is 14.4. The summed E-state index contributed by atoms with van der Waals surface area (Å²) in [6.07, 6.45) is 1.34. The maximum atomic E-state index is 6.13. The van der Waals surface area contributed by atoms with Gasteiger partial charge < -0.3 is 14.9 Å². The molecule has 20 heavy (non-hydrogen) atoms. The van der Waals surface area contributed by atoms with Crippen LogP contribution in [0.3, 0.4) is 0 Å². The summed E-state index contributed by atoms with van der Waals surface area (Å²) >= 11 is 6.13. The minimum Gasteiger partial charge on any atom is -0.489 e. The fraction of sp³-hybridized carbons (Fsp3) is 0.231. The number of benzene rings is 1. The number of nitrogens with one attached hydrogen (secondary N) is 1. The highest BCUT2D eigenvalue weighted by Gasteiger charge is 2.14. The summed E-state index contributed by atoms with van der Waals surface area (Å²) in [6.45, 7) is 3.82. The van der Waals surface area contributed by atoms with Crippen molar-refractivity contribution in [3.05, 3.63) is 34.6 Å². The molecule has 0 spiro atoms. The van der Waals surface area contributed by atoms with Gasteiger partial charge in [0.1, 0.15) is 12.1 Å². The van der Waals surface area contributed by atoms with E-state index in [1.54, 1.807) is 0 Å². The van der Waals surface area contributed by atoms with Crippen LogP contribution in [0.25, 0.3) is 0 Å². The number of aromatic nitrogens is 2. The van der Waals surface area contributed by atoms with E-state index < -0.39 is 0 Å². The lowest BCUT2D eigenvalue weighted by atomic mass is 10.1. The predicted octanol–water partition coefficient (Wildman–Crippen LogP) is 2.83. The molecule has 0 fully saturated rings. The fourth-order valence-electron chi connectivity index (χ4n) is 1.79. The molecule has 2 aromatic rings. The molecule has 7 heteroatoms. The zero-order valence-corrected chi connectivity index (χ0v) is 12.2. The monoisotopic (exact) mass is 294 g/mol. The molecule has 0 aliphatic carbocycles. The lowest BCUT2D eigenvalue weighted by Crippen LogP contribution is -2.11. The van der Waals surface area contributed by atoms with Gasteiger partial charge in [0.2, 0.25) is 5.75 Å². The van der Waals surface area contributed by atoms with Gasteiger partial charge in [-0.1, -0.05) is 11.6 Å². The highest BCUT2D eigenvalue weighted by Crippen LogP contribution is 2.35. The molecule has 1 aromatic carbocycles. The van der Waals surface area contributed by atoms with Crippen molar-refractivity contribution in [2.75, 3.05) is 12.5 Å². The number of halogens is 1. The van der Waals surface area contributed by atoms with Gasteiger partial charge in [0.15, 0.2) is 5.82 Å². The quantitative estimate of drug-likeness (QED) is 0.666. The second-order valence-corrected chi connectivity index (χ2v) is 4.56. The Hall–Kier alpha value is -2.05. The summed E-state index contributed by atoms with van der Waals surface area (Å²) in [5.41, 5.74) is 4.27. The topological polar surface area (TPSA) is 82.3 Å². The van der Waals surface area contributed by atoms with Gasteiger partial charge in [0.05, 0.1) is 7.11 Å². The molecule has 1 heterocycles. The zero-order chi connectivity index (χ0) is 14.7. The molecule has 0 unspecified atom stereocenters. The van der Waals surface area contributed by atoms with E-state index in [2.05, 4.69) is 15.4 Å². The van der Waals surface area contributed by atoms with Gasteiger partial charge in [-0.25, -0.2) is 10.8 Å². The number of hydrazine groups is 1. The normalized spacial score (nSPS) is 10.2. The van der Waals surface area contributed by atoms with Gasteiger partial charge >= 0.3 is 0 Å². The van der Waals surface area contributed by atoms with Crippen molar-refractivity contribution in [1.29, 1.82) is 0 Å². The number of hydrogen-bond donors (Lipinski definition) is 2. The van der Waals surface area contributed by atoms with E-state index in [1.165, 1.54) is 13.4 Å². The molecular weight excluding hydrogens is 280 g/mol. The highest BCUT2D eigenvalue weighted by atomic mass is 35.5. The summed E-state index contributed by atoms with van der Waals surface area (Å²) in [5, 5.41) is 0.719. The van der Waals surface area contributed by atoms with Crippen LogP contribution in [0.1, 0.15) is 11.1 Å². The molecule has 2 rings (SSSR count). The van der Waals surface area contributed by atoms with Crippen LogP contribution in [-0.2, 0) is 0 Å². The van der Waals surface area contributed by atoms with Crippen molar-refractivity contribution >= 4 is 17.4 Å². The first-order valence-corrected chi connectivity index (χ1v) is 6.24. The number of nitrogen functional groups attached to an aromatic ring is 1. The van der Waals surface area contributed by atoms with Crippen LogP contribution in [0.4, 0.5) is 5.82 Å². The number of methoxy groups -OCH3 is 1. The average Bonchev–Trinajstić information content (AvgIpc) is 2.44. The largest absolute Gasteiger partial charge is 0.489 e. The number of nitrogens with zero attached hydrogens (tertiary/aromatic N) is 2. The van der Waals surface area contributed by atoms with Gasteiger partial charge in [-0.05, 0) is 37.1 Å². The maximum Gasteiger partial charge on any atom is 0.268 e. The van der Waals surface area contributed by atoms with Gasteiger partial charge in [-0.2, -0.15) is 4.98 Å². The lowest BCUT2D eigenvalue weighted by molar-refractivity contribution is 0.369. The lowest BCUT2D eigenvalue weighted by Gasteiger charge is -2.13. The number of rotatable bonds is 4. The summed E-state index contributed by atoms with van der Waals surface area (Å²) in [4.78, 5) is 7.99. The molecule has 0 aliphatic rings. The van der Waals surface area contributed by atoms with Crippen LogP contribution in [0.5, 0.6) is 17.4 Å². The number of hydrogen-bond acceptors (Lipinski definition) is 6. The standard InChI is InChI=1S/C13H15ClN4O2/c1-7-4-9(5-8(2)10(7)14)20-13-11(19-3)12(18-15)16-6-17-13/h4-6H,15H2,1-3H3,(H,16,17,18). The molecule has 0 saturated carbocycles. The first-order chi connectivity index (χ1) is 9.56. The summed E-state index contributed by atoms with van der Waals surface area (Å²) < 4.78 is 10.9. The Morgan fingerprint density at radius 1 is 1.20 bits per heavy atom. The smallest absolute Gasteiger partial charge is 0.268 e. The van der Waals surface area contributed by atoms with Crippen LogP contribution in [0, 0.1) is 13.8 Å². The Labute approximate surface area is 121 Å². The predicted molar refractivity (Wildman–Crippen MR) is 77.4 cm³/mol. The summed E-state index contributed by atoms with van der Waals surface area (Å²) in [7, 11) is 1.49. The Balaban J connectivity index is 2.40. The fourth-order valence-corrected chi connectivity index (χ4v) is 1.90. The van der Waals surface area contributed by atoms with Crippen molar-refractivity contribution < 1.29 is 9.47 Å². The molecule has 0 bridgehead atoms. The SMILES string of the molecule is COc1c(NN)ncnc1Oc1cc(C)c(Cl)c(C)c1. The minimum atomic E-state index is 0.275. The van der Waals surface area contributed by atoms with E-state index in [9.17, 15) is 0 Å². The first-order valence-electron chi connectivity index (χ1n) is 5.87. The highest BCUT2D eigenvalue weighted by molar-refractivity contribution is 6.32. The number of aryl methyl sites for hydroxylation is 2. The molecule has 3 N–H and O–H groups in total. The maximum absolute atomic E-state index is 6.13. The van der Waals surface area contributed by atoms with E-state index in [1.807, 2.05) is 26.0 Å². The molecule has 0 amide bonds. The molecular formula is C13H15ClN4O2. The average molecular weight is 295 g/mol. The van der Waals surface area contributed by atoms with Gasteiger partial charge in [0, 0.05) is 5.02 Å². The second kappa shape index (κ2) is 5.94. The number of anilines is 1. The minimum absolute atomic E-state index is 0.275. The van der Waals surface area contributed by atoms with E-state index in [0.29, 0.717) is 17.3 Å². The zero-order valence-electron chi connectivity index (χ0n) is 11.4. The van der Waals surface area contributed by atoms with Gasteiger partial charge in [-0.3, -0.25) is 0 Å². The third-order valence-corrected chi connectivity index (χ3v) is 3.33. The third kappa shape index (κ3) is 2.76. The molecule has 1 aromatic heterocycles. The number of nitrogens with two attached hydrogens (primary N) is 1. The third-order valence-electron chi connectivity index (χ3n) is 2.74. The van der Waals surface area contributed by atoms with Crippen molar-refractivity contribution in [1.82, 2.24) is 9.97 Å². The Morgan fingerprint density at radius 2 is 1.85 bits per heavy atom. The molecule has 0 saturated heterocycles. The van der Waals surface area contributed by atoms with Crippen LogP contribution >= 0.6 is 11.6 Å². The summed E-state index contributed by atoms with van der Waals surface area (Å²) in [5.74, 6) is 6.93. The van der Waals surface area contributed by atoms with Crippen LogP contribution in [-0.4, -0.2) is 17.1 Å². The van der Waals surface area contributed by atoms with Gasteiger partial charge in [-0.15, -0.1) is 0 Å². The second-order valence-electron chi connectivity index (χ2n) is 4.18. The molecule has 0 radical (unpaired) electrons. The van der Waals surface area contributed by atoms with E-state index in [0.717, 1.165) is 16.1 Å². The van der Waals surface area contributed by atoms with Crippen LogP contribution in [0.2, 0.25) is 5.02 Å². The van der Waals surface area contributed by atoms with E-state index >= 15 is 0 Å². The van der Waals surface area contributed by atoms with Gasteiger partial charge in [0.25, 0.3) is 5.88 Å². The van der Waals surface area contributed by atoms with E-state index in [4.69, 9.17) is 26.9 Å². The molecule has 6 nitrogen and oxygen atoms in total. The van der Waals surface area contributed by atoms with Crippen molar-refractivity contribution in [3.8, 4) is 17.4 Å². The molecule has 0 atom stereocenters. The van der Waals surface area contributed by atoms with E-state index in [-0.39, 0.29) is 5.88 Å². The Morgan fingerprint density at radius 3 is 2.40 bits per heavy atom. The van der Waals surface area contributed by atoms with Crippen molar-refractivity contribution in [3.63, 3.8) is 0 Å². The Bertz CT molecular complexity index is 611. The number of ether oxygens (including phenoxy) is 2.